The molecule has 1 heterocycles. The van der Waals surface area contributed by atoms with Crippen molar-refractivity contribution in [3.05, 3.63) is 28.1 Å². The van der Waals surface area contributed by atoms with Crippen molar-refractivity contribution in [3.63, 3.8) is 0 Å². The van der Waals surface area contributed by atoms with Gasteiger partial charge in [-0.1, -0.05) is 24.3 Å². The van der Waals surface area contributed by atoms with E-state index < -0.39 is 0 Å². The number of ether oxygens (including phenoxy) is 1. The molecule has 4 nitrogen and oxygen atoms in total. The highest BCUT2D eigenvalue weighted by atomic mass is 32.1. The molecule has 1 amide bonds. The molecule has 0 spiro atoms. The van der Waals surface area contributed by atoms with Gasteiger partial charge in [0, 0.05) is 19.6 Å². The van der Waals surface area contributed by atoms with Gasteiger partial charge in [0.2, 0.25) is 5.91 Å². The third kappa shape index (κ3) is 3.60. The predicted molar refractivity (Wildman–Crippen MR) is 86.6 cm³/mol. The molecule has 0 saturated carbocycles. The third-order valence-electron chi connectivity index (χ3n) is 3.30. The van der Waals surface area contributed by atoms with Crippen molar-refractivity contribution >= 4 is 27.5 Å². The Morgan fingerprint density at radius 1 is 1.33 bits per heavy atom. The molecule has 0 saturated heterocycles. The molecule has 1 aromatic carbocycles. The Labute approximate surface area is 129 Å². The molecule has 0 atom stereocenters. The van der Waals surface area contributed by atoms with Crippen molar-refractivity contribution < 1.29 is 9.53 Å². The summed E-state index contributed by atoms with van der Waals surface area (Å²) in [6.45, 7) is 10.0. The molecule has 0 radical (unpaired) electrons. The molecule has 114 valence electrons. The molecule has 0 aliphatic heterocycles. The minimum absolute atomic E-state index is 0.0823. The highest BCUT2D eigenvalue weighted by Crippen LogP contribution is 2.23. The van der Waals surface area contributed by atoms with E-state index in [1.54, 1.807) is 11.3 Å². The van der Waals surface area contributed by atoms with Crippen LogP contribution in [0.5, 0.6) is 0 Å². The van der Waals surface area contributed by atoms with Crippen LogP contribution in [0.1, 0.15) is 31.4 Å². The fourth-order valence-electron chi connectivity index (χ4n) is 2.37. The van der Waals surface area contributed by atoms with E-state index in [-0.39, 0.29) is 5.91 Å². The molecular formula is C16H22N2O2S. The zero-order chi connectivity index (χ0) is 15.4. The van der Waals surface area contributed by atoms with E-state index in [1.165, 1.54) is 15.8 Å². The van der Waals surface area contributed by atoms with Crippen LogP contribution in [0.3, 0.4) is 0 Å². The summed E-state index contributed by atoms with van der Waals surface area (Å²) < 4.78 is 8.74. The van der Waals surface area contributed by atoms with E-state index >= 15 is 0 Å². The zero-order valence-corrected chi connectivity index (χ0v) is 13.9. The van der Waals surface area contributed by atoms with Gasteiger partial charge in [-0.3, -0.25) is 4.79 Å². The number of hydrogen-bond acceptors (Lipinski definition) is 3. The van der Waals surface area contributed by atoms with E-state index in [9.17, 15) is 4.79 Å². The van der Waals surface area contributed by atoms with Gasteiger partial charge >= 0.3 is 0 Å². The van der Waals surface area contributed by atoms with Crippen LogP contribution < -0.4 is 4.80 Å². The lowest BCUT2D eigenvalue weighted by Crippen LogP contribution is -2.20. The van der Waals surface area contributed by atoms with Gasteiger partial charge in [-0.25, -0.2) is 0 Å². The van der Waals surface area contributed by atoms with Gasteiger partial charge < -0.3 is 9.30 Å². The molecule has 0 unspecified atom stereocenters. The molecule has 2 aromatic rings. The molecule has 0 aliphatic rings. The van der Waals surface area contributed by atoms with Crippen LogP contribution in [0.2, 0.25) is 0 Å². The number of carbonyl (C=O) groups excluding carboxylic acids is 1. The second-order valence-electron chi connectivity index (χ2n) is 5.02. The highest BCUT2D eigenvalue weighted by molar-refractivity contribution is 7.16. The van der Waals surface area contributed by atoms with Gasteiger partial charge in [0.1, 0.15) is 0 Å². The Hall–Kier alpha value is -1.46. The topological polar surface area (TPSA) is 43.6 Å². The molecule has 0 bridgehead atoms. The second kappa shape index (κ2) is 7.00. The summed E-state index contributed by atoms with van der Waals surface area (Å²) in [5.74, 6) is -0.0823. The van der Waals surface area contributed by atoms with Crippen LogP contribution in [-0.4, -0.2) is 23.7 Å². The number of nitrogens with zero attached hydrogens (tertiary/aromatic N) is 2. The van der Waals surface area contributed by atoms with Crippen molar-refractivity contribution in [1.82, 2.24) is 4.57 Å². The molecule has 0 N–H and O–H groups in total. The number of carbonyl (C=O) groups is 1. The quantitative estimate of drug-likeness (QED) is 0.796. The minimum atomic E-state index is -0.0823. The molecule has 0 fully saturated rings. The summed E-state index contributed by atoms with van der Waals surface area (Å²) in [6.07, 6.45) is 0.428. The molecule has 0 aliphatic carbocycles. The second-order valence-corrected chi connectivity index (χ2v) is 6.03. The first kappa shape index (κ1) is 15.9. The van der Waals surface area contributed by atoms with Crippen LogP contribution >= 0.6 is 11.3 Å². The summed E-state index contributed by atoms with van der Waals surface area (Å²) in [4.78, 5) is 16.7. The number of fused-ring (bicyclic) bond motifs is 1. The average Bonchev–Trinajstić information content (AvgIpc) is 2.76. The minimum Gasteiger partial charge on any atom is -0.380 e. The van der Waals surface area contributed by atoms with E-state index in [0.29, 0.717) is 26.2 Å². The standard InChI is InChI=1S/C16H22N2O2S/c1-5-14(19)17-16-18(7-8-20-6-2)15-12(4)9-11(3)10-13(15)21-16/h9-10H,5-8H2,1-4H3. The molecular weight excluding hydrogens is 284 g/mol. The van der Waals surface area contributed by atoms with Gasteiger partial charge in [-0.15, -0.1) is 0 Å². The average molecular weight is 306 g/mol. The van der Waals surface area contributed by atoms with Crippen LogP contribution in [0.25, 0.3) is 10.2 Å². The van der Waals surface area contributed by atoms with Gasteiger partial charge in [-0.2, -0.15) is 4.99 Å². The highest BCUT2D eigenvalue weighted by Gasteiger charge is 2.10. The fourth-order valence-corrected chi connectivity index (χ4v) is 3.62. The van der Waals surface area contributed by atoms with E-state index in [2.05, 4.69) is 35.5 Å². The monoisotopic (exact) mass is 306 g/mol. The first-order valence-electron chi connectivity index (χ1n) is 7.32. The van der Waals surface area contributed by atoms with Crippen LogP contribution in [-0.2, 0) is 16.1 Å². The lowest BCUT2D eigenvalue weighted by Gasteiger charge is -2.08. The van der Waals surface area contributed by atoms with Gasteiger partial charge in [0.25, 0.3) is 0 Å². The number of aromatic nitrogens is 1. The van der Waals surface area contributed by atoms with Crippen LogP contribution in [0.4, 0.5) is 0 Å². The summed E-state index contributed by atoms with van der Waals surface area (Å²) in [5.41, 5.74) is 3.60. The smallest absolute Gasteiger partial charge is 0.248 e. The van der Waals surface area contributed by atoms with Crippen LogP contribution in [0, 0.1) is 13.8 Å². The van der Waals surface area contributed by atoms with Crippen LogP contribution in [0.15, 0.2) is 17.1 Å². The summed E-state index contributed by atoms with van der Waals surface area (Å²) in [5, 5.41) is 0. The largest absolute Gasteiger partial charge is 0.380 e. The maximum absolute atomic E-state index is 11.7. The molecule has 1 aromatic heterocycles. The SMILES string of the molecule is CCOCCn1c(=NC(=O)CC)sc2cc(C)cc(C)c21. The van der Waals surface area contributed by atoms with E-state index in [4.69, 9.17) is 4.74 Å². The van der Waals surface area contributed by atoms with E-state index in [0.717, 1.165) is 10.3 Å². The third-order valence-corrected chi connectivity index (χ3v) is 4.32. The number of aryl methyl sites for hydroxylation is 2. The number of amides is 1. The normalized spacial score (nSPS) is 12.3. The molecule has 5 heteroatoms. The summed E-state index contributed by atoms with van der Waals surface area (Å²) in [6, 6.07) is 4.32. The lowest BCUT2D eigenvalue weighted by molar-refractivity contribution is -0.117. The molecule has 21 heavy (non-hydrogen) atoms. The predicted octanol–water partition coefficient (Wildman–Crippen LogP) is 3.19. The Balaban J connectivity index is 2.60. The van der Waals surface area contributed by atoms with Crippen molar-refractivity contribution in [3.8, 4) is 0 Å². The van der Waals surface area contributed by atoms with Gasteiger partial charge in [0.05, 0.1) is 16.8 Å². The lowest BCUT2D eigenvalue weighted by atomic mass is 10.1. The number of thiazole rings is 1. The van der Waals surface area contributed by atoms with Crippen molar-refractivity contribution in [2.24, 2.45) is 4.99 Å². The Kier molecular flexibility index (Phi) is 5.31. The number of rotatable bonds is 5. The zero-order valence-electron chi connectivity index (χ0n) is 13.1. The Morgan fingerprint density at radius 2 is 2.10 bits per heavy atom. The first-order valence-corrected chi connectivity index (χ1v) is 8.14. The van der Waals surface area contributed by atoms with Gasteiger partial charge in [0.15, 0.2) is 4.80 Å². The summed E-state index contributed by atoms with van der Waals surface area (Å²) >= 11 is 1.57. The maximum atomic E-state index is 11.7. The maximum Gasteiger partial charge on any atom is 0.248 e. The number of benzene rings is 1. The van der Waals surface area contributed by atoms with Gasteiger partial charge in [-0.05, 0) is 38.0 Å². The summed E-state index contributed by atoms with van der Waals surface area (Å²) in [7, 11) is 0. The Bertz CT molecular complexity index is 713. The van der Waals surface area contributed by atoms with E-state index in [1.807, 2.05) is 13.8 Å². The molecule has 2 rings (SSSR count). The fraction of sp³-hybridized carbons (Fsp3) is 0.500. The Morgan fingerprint density at radius 3 is 2.76 bits per heavy atom. The van der Waals surface area contributed by atoms with Crippen molar-refractivity contribution in [2.45, 2.75) is 40.7 Å². The van der Waals surface area contributed by atoms with Crippen molar-refractivity contribution in [2.75, 3.05) is 13.2 Å². The number of hydrogen-bond donors (Lipinski definition) is 0. The van der Waals surface area contributed by atoms with Crippen molar-refractivity contribution in [1.29, 1.82) is 0 Å². The first-order chi connectivity index (χ1) is 10.1.